The highest BCUT2D eigenvalue weighted by molar-refractivity contribution is 5.87. The molecule has 1 aromatic heterocycles. The molecule has 1 aliphatic heterocycles. The number of fused-ring (bicyclic) bond motifs is 1. The fourth-order valence-corrected chi connectivity index (χ4v) is 2.54. The zero-order valence-electron chi connectivity index (χ0n) is 11.4. The molecular formula is C16H17N3O. The van der Waals surface area contributed by atoms with Crippen molar-refractivity contribution in [3.05, 3.63) is 54.4 Å². The molecule has 0 spiro atoms. The van der Waals surface area contributed by atoms with Crippen molar-refractivity contribution >= 4 is 16.7 Å². The summed E-state index contributed by atoms with van der Waals surface area (Å²) in [7, 11) is 1.84. The van der Waals surface area contributed by atoms with Gasteiger partial charge in [0, 0.05) is 37.9 Å². The lowest BCUT2D eigenvalue weighted by Crippen LogP contribution is -2.41. The Morgan fingerprint density at radius 3 is 3.15 bits per heavy atom. The Kier molecular flexibility index (Phi) is 3.48. The van der Waals surface area contributed by atoms with Crippen molar-refractivity contribution in [2.24, 2.45) is 0 Å². The number of amides is 1. The van der Waals surface area contributed by atoms with Gasteiger partial charge in [0.05, 0.1) is 0 Å². The smallest absolute Gasteiger partial charge is 0.243 e. The highest BCUT2D eigenvalue weighted by Crippen LogP contribution is 2.19. The molecule has 1 amide bonds. The maximum absolute atomic E-state index is 12.3. The average molecular weight is 267 g/mol. The Labute approximate surface area is 118 Å². The van der Waals surface area contributed by atoms with Crippen LogP contribution in [0.25, 0.3) is 10.8 Å². The van der Waals surface area contributed by atoms with Gasteiger partial charge in [-0.1, -0.05) is 30.4 Å². The van der Waals surface area contributed by atoms with Crippen LogP contribution in [-0.4, -0.2) is 35.4 Å². The number of likely N-dealkylation sites (N-methyl/N-ethyl adjacent to an activating group) is 1. The third-order valence-corrected chi connectivity index (χ3v) is 3.60. The molecule has 2 heterocycles. The molecule has 0 unspecified atom stereocenters. The molecule has 0 saturated heterocycles. The second kappa shape index (κ2) is 5.43. The summed E-state index contributed by atoms with van der Waals surface area (Å²) in [6, 6.07) is 7.91. The van der Waals surface area contributed by atoms with Crippen LogP contribution in [0.1, 0.15) is 5.56 Å². The van der Waals surface area contributed by atoms with Gasteiger partial charge in [-0.2, -0.15) is 0 Å². The quantitative estimate of drug-likeness (QED) is 0.861. The highest BCUT2D eigenvalue weighted by Gasteiger charge is 2.21. The van der Waals surface area contributed by atoms with Gasteiger partial charge in [-0.25, -0.2) is 0 Å². The van der Waals surface area contributed by atoms with Crippen LogP contribution in [0, 0.1) is 0 Å². The van der Waals surface area contributed by atoms with Crippen molar-refractivity contribution in [1.82, 2.24) is 15.2 Å². The van der Waals surface area contributed by atoms with Gasteiger partial charge >= 0.3 is 0 Å². The number of pyridine rings is 1. The van der Waals surface area contributed by atoms with Gasteiger partial charge < -0.3 is 4.90 Å². The van der Waals surface area contributed by atoms with E-state index >= 15 is 0 Å². The number of hydrogen-bond donors (Lipinski definition) is 1. The fraction of sp³-hybridized carbons (Fsp3) is 0.250. The van der Waals surface area contributed by atoms with Gasteiger partial charge in [0.15, 0.2) is 0 Å². The first-order chi connectivity index (χ1) is 9.75. The van der Waals surface area contributed by atoms with Gasteiger partial charge in [0.2, 0.25) is 5.91 Å². The van der Waals surface area contributed by atoms with Crippen LogP contribution < -0.4 is 5.32 Å². The maximum atomic E-state index is 12.3. The summed E-state index contributed by atoms with van der Waals surface area (Å²) >= 11 is 0. The molecule has 0 bridgehead atoms. The van der Waals surface area contributed by atoms with Gasteiger partial charge in [-0.05, 0) is 17.0 Å². The van der Waals surface area contributed by atoms with Crippen LogP contribution in [0.4, 0.5) is 0 Å². The molecule has 4 heteroatoms. The Hall–Kier alpha value is -2.20. The van der Waals surface area contributed by atoms with E-state index in [0.717, 1.165) is 22.9 Å². The minimum atomic E-state index is -0.184. The van der Waals surface area contributed by atoms with Crippen LogP contribution >= 0.6 is 0 Å². The topological polar surface area (TPSA) is 45.2 Å². The fourth-order valence-electron chi connectivity index (χ4n) is 2.54. The van der Waals surface area contributed by atoms with Crippen molar-refractivity contribution in [2.45, 2.75) is 12.6 Å². The minimum absolute atomic E-state index is 0.102. The summed E-state index contributed by atoms with van der Waals surface area (Å²) < 4.78 is 0. The van der Waals surface area contributed by atoms with E-state index in [-0.39, 0.29) is 11.9 Å². The Morgan fingerprint density at radius 1 is 1.45 bits per heavy atom. The monoisotopic (exact) mass is 267 g/mol. The van der Waals surface area contributed by atoms with E-state index in [2.05, 4.69) is 16.4 Å². The normalized spacial score (nSPS) is 17.6. The number of hydrogen-bond acceptors (Lipinski definition) is 3. The summed E-state index contributed by atoms with van der Waals surface area (Å²) in [5.41, 5.74) is 1.14. The molecule has 1 aromatic carbocycles. The average Bonchev–Trinajstić information content (AvgIpc) is 3.01. The van der Waals surface area contributed by atoms with Crippen LogP contribution in [0.2, 0.25) is 0 Å². The molecule has 2 aromatic rings. The van der Waals surface area contributed by atoms with Crippen LogP contribution in [-0.2, 0) is 11.3 Å². The summed E-state index contributed by atoms with van der Waals surface area (Å²) in [5.74, 6) is 0.102. The lowest BCUT2D eigenvalue weighted by atomic mass is 10.1. The number of carbonyl (C=O) groups excluding carboxylic acids is 1. The predicted octanol–water partition coefficient (Wildman–Crippen LogP) is 1.72. The summed E-state index contributed by atoms with van der Waals surface area (Å²) in [6.07, 6.45) is 7.54. The van der Waals surface area contributed by atoms with Crippen molar-refractivity contribution in [1.29, 1.82) is 0 Å². The molecule has 0 saturated carbocycles. The van der Waals surface area contributed by atoms with Gasteiger partial charge in [0.1, 0.15) is 6.04 Å². The standard InChI is InChI=1S/C16H17N3O/c1-19(16(20)15-6-3-8-18-15)11-13-5-2-4-12-10-17-9-7-14(12)13/h2-7,9-10,15,18H,8,11H2,1H3/t15-/m0/s1. The van der Waals surface area contributed by atoms with E-state index in [1.54, 1.807) is 11.1 Å². The van der Waals surface area contributed by atoms with Crippen LogP contribution in [0.15, 0.2) is 48.8 Å². The van der Waals surface area contributed by atoms with E-state index in [9.17, 15) is 4.79 Å². The minimum Gasteiger partial charge on any atom is -0.340 e. The van der Waals surface area contributed by atoms with Crippen LogP contribution in [0.3, 0.4) is 0 Å². The first-order valence-electron chi connectivity index (χ1n) is 6.72. The van der Waals surface area contributed by atoms with E-state index in [4.69, 9.17) is 0 Å². The van der Waals surface area contributed by atoms with Gasteiger partial charge in [-0.3, -0.25) is 15.1 Å². The number of carbonyl (C=O) groups is 1. The van der Waals surface area contributed by atoms with Crippen molar-refractivity contribution in [3.63, 3.8) is 0 Å². The predicted molar refractivity (Wildman–Crippen MR) is 79.1 cm³/mol. The Morgan fingerprint density at radius 2 is 2.35 bits per heavy atom. The molecule has 4 nitrogen and oxygen atoms in total. The summed E-state index contributed by atoms with van der Waals surface area (Å²) in [4.78, 5) is 18.2. The number of rotatable bonds is 3. The zero-order valence-corrected chi connectivity index (χ0v) is 11.4. The molecule has 20 heavy (non-hydrogen) atoms. The SMILES string of the molecule is CN(Cc1cccc2cnccc12)C(=O)[C@@H]1C=CCN1. The Balaban J connectivity index is 1.82. The van der Waals surface area contributed by atoms with E-state index in [1.165, 1.54) is 0 Å². The molecule has 102 valence electrons. The third kappa shape index (κ3) is 2.42. The summed E-state index contributed by atoms with van der Waals surface area (Å²) in [6.45, 7) is 1.37. The molecule has 0 aliphatic carbocycles. The molecular weight excluding hydrogens is 250 g/mol. The van der Waals surface area contributed by atoms with Crippen molar-refractivity contribution in [3.8, 4) is 0 Å². The van der Waals surface area contributed by atoms with E-state index < -0.39 is 0 Å². The zero-order chi connectivity index (χ0) is 13.9. The lowest BCUT2D eigenvalue weighted by molar-refractivity contribution is -0.131. The second-order valence-corrected chi connectivity index (χ2v) is 5.02. The molecule has 1 N–H and O–H groups in total. The summed E-state index contributed by atoms with van der Waals surface area (Å²) in [5, 5.41) is 5.40. The van der Waals surface area contributed by atoms with E-state index in [1.807, 2.05) is 43.6 Å². The number of nitrogens with zero attached hydrogens (tertiary/aromatic N) is 2. The Bertz CT molecular complexity index is 660. The highest BCUT2D eigenvalue weighted by atomic mass is 16.2. The third-order valence-electron chi connectivity index (χ3n) is 3.60. The van der Waals surface area contributed by atoms with Crippen molar-refractivity contribution < 1.29 is 4.79 Å². The molecule has 1 atom stereocenters. The molecule has 3 rings (SSSR count). The van der Waals surface area contributed by atoms with Gasteiger partial charge in [0.25, 0.3) is 0 Å². The molecule has 0 radical (unpaired) electrons. The number of aromatic nitrogens is 1. The largest absolute Gasteiger partial charge is 0.340 e. The molecule has 0 fully saturated rings. The first-order valence-corrected chi connectivity index (χ1v) is 6.72. The number of nitrogens with one attached hydrogen (secondary N) is 1. The first kappa shape index (κ1) is 12.8. The second-order valence-electron chi connectivity index (χ2n) is 5.02. The van der Waals surface area contributed by atoms with Crippen LogP contribution in [0.5, 0.6) is 0 Å². The number of benzene rings is 1. The van der Waals surface area contributed by atoms with E-state index in [0.29, 0.717) is 6.54 Å². The molecule has 1 aliphatic rings. The van der Waals surface area contributed by atoms with Gasteiger partial charge in [-0.15, -0.1) is 0 Å². The maximum Gasteiger partial charge on any atom is 0.243 e. The van der Waals surface area contributed by atoms with Crippen molar-refractivity contribution in [2.75, 3.05) is 13.6 Å². The lowest BCUT2D eigenvalue weighted by Gasteiger charge is -2.21.